The number of carbonyl (C=O) groups is 1. The van der Waals surface area contributed by atoms with Crippen LogP contribution in [0.3, 0.4) is 0 Å². The summed E-state index contributed by atoms with van der Waals surface area (Å²) in [5, 5.41) is 0. The molecule has 0 radical (unpaired) electrons. The fourth-order valence-corrected chi connectivity index (χ4v) is 5.78. The molecule has 3 heterocycles. The third-order valence-electron chi connectivity index (χ3n) is 7.97. The molecule has 2 saturated heterocycles. The van der Waals surface area contributed by atoms with Crippen molar-refractivity contribution in [2.24, 2.45) is 5.41 Å². The predicted octanol–water partition coefficient (Wildman–Crippen LogP) is 7.35. The zero-order valence-electron chi connectivity index (χ0n) is 25.2. The van der Waals surface area contributed by atoms with Gasteiger partial charge >= 0.3 is 6.09 Å². The van der Waals surface area contributed by atoms with Gasteiger partial charge in [0.25, 0.3) is 0 Å². The third kappa shape index (κ3) is 6.94. The number of carbonyl (C=O) groups excluding carboxylic acids is 1. The summed E-state index contributed by atoms with van der Waals surface area (Å²) >= 11 is 0. The van der Waals surface area contributed by atoms with Crippen molar-refractivity contribution in [2.75, 3.05) is 31.1 Å². The molecule has 0 atom stereocenters. The molecule has 7 heteroatoms. The van der Waals surface area contributed by atoms with Crippen LogP contribution in [0.1, 0.15) is 38.3 Å². The summed E-state index contributed by atoms with van der Waals surface area (Å²) in [5.74, 6) is 1.06. The number of benzene rings is 3. The van der Waals surface area contributed by atoms with E-state index in [2.05, 4.69) is 29.2 Å². The zero-order chi connectivity index (χ0) is 29.9. The van der Waals surface area contributed by atoms with E-state index in [1.807, 2.05) is 98.5 Å². The van der Waals surface area contributed by atoms with Gasteiger partial charge < -0.3 is 24.0 Å². The first-order valence-corrected chi connectivity index (χ1v) is 14.9. The van der Waals surface area contributed by atoms with Crippen LogP contribution in [-0.2, 0) is 18.0 Å². The molecule has 4 aromatic rings. The summed E-state index contributed by atoms with van der Waals surface area (Å²) in [5.41, 5.74) is 4.96. The molecule has 0 bridgehead atoms. The van der Waals surface area contributed by atoms with Crippen LogP contribution in [0.25, 0.3) is 11.1 Å². The third-order valence-corrected chi connectivity index (χ3v) is 7.97. The Morgan fingerprint density at radius 1 is 0.791 bits per heavy atom. The lowest BCUT2D eigenvalue weighted by Crippen LogP contribution is -2.60. The van der Waals surface area contributed by atoms with Crippen LogP contribution in [0.5, 0.6) is 11.8 Å². The van der Waals surface area contributed by atoms with E-state index in [0.717, 1.165) is 54.9 Å². The van der Waals surface area contributed by atoms with Gasteiger partial charge in [-0.05, 0) is 62.1 Å². The van der Waals surface area contributed by atoms with Crippen molar-refractivity contribution < 1.29 is 19.0 Å². The van der Waals surface area contributed by atoms with Crippen molar-refractivity contribution in [1.29, 1.82) is 0 Å². The van der Waals surface area contributed by atoms with Crippen LogP contribution in [0.4, 0.5) is 10.5 Å². The van der Waals surface area contributed by atoms with Gasteiger partial charge in [-0.25, -0.2) is 4.79 Å². The minimum Gasteiger partial charge on any atom is -0.473 e. The van der Waals surface area contributed by atoms with Gasteiger partial charge in [-0.15, -0.1) is 0 Å². The van der Waals surface area contributed by atoms with E-state index >= 15 is 0 Å². The molecule has 1 amide bonds. The first-order valence-electron chi connectivity index (χ1n) is 14.9. The molecule has 0 aliphatic carbocycles. The minimum absolute atomic E-state index is 0.146. The Morgan fingerprint density at radius 3 is 2.05 bits per heavy atom. The minimum atomic E-state index is -0.471. The van der Waals surface area contributed by atoms with E-state index in [9.17, 15) is 4.79 Å². The fourth-order valence-electron chi connectivity index (χ4n) is 5.78. The molecule has 0 N–H and O–H groups in total. The lowest BCUT2D eigenvalue weighted by Gasteiger charge is -2.47. The Balaban J connectivity index is 1.14. The number of nitrogens with zero attached hydrogens (tertiary/aromatic N) is 3. The molecule has 1 aromatic heterocycles. The van der Waals surface area contributed by atoms with Gasteiger partial charge in [0.15, 0.2) is 0 Å². The van der Waals surface area contributed by atoms with Crippen LogP contribution < -0.4 is 14.4 Å². The highest BCUT2D eigenvalue weighted by molar-refractivity contribution is 5.72. The van der Waals surface area contributed by atoms with E-state index in [-0.39, 0.29) is 11.5 Å². The standard InChI is InChI=1S/C36H39N3O4/c1-35(2,3)43-34(40)39-25-36(26-39)20-21-38(24-36)30-16-14-29(15-17-30)31-18-19-32(41-22-27-10-6-4-7-11-27)37-33(31)42-23-28-12-8-5-9-13-28/h4-19H,20-26H2,1-3H3. The molecule has 7 nitrogen and oxygen atoms in total. The molecule has 2 fully saturated rings. The van der Waals surface area contributed by atoms with Crippen molar-refractivity contribution >= 4 is 11.8 Å². The van der Waals surface area contributed by atoms with Crippen LogP contribution in [0.2, 0.25) is 0 Å². The first kappa shape index (κ1) is 28.6. The van der Waals surface area contributed by atoms with Crippen molar-refractivity contribution in [3.8, 4) is 22.9 Å². The van der Waals surface area contributed by atoms with Gasteiger partial charge in [0.05, 0.1) is 0 Å². The van der Waals surface area contributed by atoms with Crippen molar-refractivity contribution in [2.45, 2.75) is 46.0 Å². The van der Waals surface area contributed by atoms with Crippen molar-refractivity contribution in [3.05, 3.63) is 108 Å². The highest BCUT2D eigenvalue weighted by atomic mass is 16.6. The van der Waals surface area contributed by atoms with E-state index < -0.39 is 5.60 Å². The number of hydrogen-bond acceptors (Lipinski definition) is 6. The highest BCUT2D eigenvalue weighted by Crippen LogP contribution is 2.42. The van der Waals surface area contributed by atoms with Crippen LogP contribution in [0, 0.1) is 5.41 Å². The quantitative estimate of drug-likeness (QED) is 0.218. The molecular formula is C36H39N3O4. The summed E-state index contributed by atoms with van der Waals surface area (Å²) in [6.07, 6.45) is 0.858. The van der Waals surface area contributed by atoms with Gasteiger partial charge in [-0.3, -0.25) is 0 Å². The normalized spacial score (nSPS) is 15.7. The number of likely N-dealkylation sites (tertiary alicyclic amines) is 1. The second kappa shape index (κ2) is 12.0. The Hall–Kier alpha value is -4.52. The van der Waals surface area contributed by atoms with Gasteiger partial charge in [0.2, 0.25) is 11.8 Å². The van der Waals surface area contributed by atoms with Crippen molar-refractivity contribution in [3.63, 3.8) is 0 Å². The Labute approximate surface area is 254 Å². The topological polar surface area (TPSA) is 64.1 Å². The number of amides is 1. The number of hydrogen-bond donors (Lipinski definition) is 0. The molecule has 1 spiro atoms. The van der Waals surface area contributed by atoms with Crippen LogP contribution in [-0.4, -0.2) is 47.8 Å². The first-order chi connectivity index (χ1) is 20.8. The van der Waals surface area contributed by atoms with E-state index in [4.69, 9.17) is 19.2 Å². The molecule has 222 valence electrons. The number of anilines is 1. The zero-order valence-corrected chi connectivity index (χ0v) is 25.2. The second-order valence-corrected chi connectivity index (χ2v) is 12.6. The molecule has 43 heavy (non-hydrogen) atoms. The summed E-state index contributed by atoms with van der Waals surface area (Å²) in [6.45, 7) is 9.99. The largest absolute Gasteiger partial charge is 0.473 e. The fraction of sp³-hybridized carbons (Fsp3) is 0.333. The average molecular weight is 578 g/mol. The maximum atomic E-state index is 12.4. The van der Waals surface area contributed by atoms with Gasteiger partial charge in [-0.2, -0.15) is 4.98 Å². The monoisotopic (exact) mass is 577 g/mol. The van der Waals surface area contributed by atoms with E-state index in [1.165, 1.54) is 5.69 Å². The lowest BCUT2D eigenvalue weighted by atomic mass is 9.79. The average Bonchev–Trinajstić information content (AvgIpc) is 3.45. The Bertz CT molecular complexity index is 1530. The number of pyridine rings is 1. The maximum Gasteiger partial charge on any atom is 0.410 e. The maximum absolute atomic E-state index is 12.4. The van der Waals surface area contributed by atoms with Crippen LogP contribution in [0.15, 0.2) is 97.1 Å². The Morgan fingerprint density at radius 2 is 1.42 bits per heavy atom. The van der Waals surface area contributed by atoms with E-state index in [0.29, 0.717) is 25.0 Å². The predicted molar refractivity (Wildman–Crippen MR) is 168 cm³/mol. The molecule has 0 unspecified atom stereocenters. The summed E-state index contributed by atoms with van der Waals surface area (Å²) in [6, 6.07) is 32.7. The highest BCUT2D eigenvalue weighted by Gasteiger charge is 2.50. The summed E-state index contributed by atoms with van der Waals surface area (Å²) in [7, 11) is 0. The van der Waals surface area contributed by atoms with E-state index in [1.54, 1.807) is 0 Å². The molecule has 6 rings (SSSR count). The Kier molecular flexibility index (Phi) is 7.98. The summed E-state index contributed by atoms with van der Waals surface area (Å²) in [4.78, 5) is 21.5. The molecule has 0 saturated carbocycles. The number of ether oxygens (including phenoxy) is 3. The van der Waals surface area contributed by atoms with Crippen molar-refractivity contribution in [1.82, 2.24) is 9.88 Å². The molecular weight excluding hydrogens is 538 g/mol. The smallest absolute Gasteiger partial charge is 0.410 e. The number of aromatic nitrogens is 1. The SMILES string of the molecule is CC(C)(C)OC(=O)N1CC2(CCN(c3ccc(-c4ccc(OCc5ccccc5)nc4OCc4ccccc4)cc3)C2)C1. The van der Waals surface area contributed by atoms with Gasteiger partial charge in [0, 0.05) is 48.9 Å². The van der Waals surface area contributed by atoms with Crippen LogP contribution >= 0.6 is 0 Å². The molecule has 2 aliphatic rings. The molecule has 2 aliphatic heterocycles. The number of rotatable bonds is 8. The second-order valence-electron chi connectivity index (χ2n) is 12.6. The van der Waals surface area contributed by atoms with Gasteiger partial charge in [-0.1, -0.05) is 72.8 Å². The van der Waals surface area contributed by atoms with Gasteiger partial charge in [0.1, 0.15) is 18.8 Å². The molecule has 3 aromatic carbocycles. The lowest BCUT2D eigenvalue weighted by molar-refractivity contribution is -0.0266. The summed E-state index contributed by atoms with van der Waals surface area (Å²) < 4.78 is 17.8.